The number of halogens is 2. The van der Waals surface area contributed by atoms with Crippen LogP contribution in [0.25, 0.3) is 0 Å². The molecule has 0 aliphatic carbocycles. The summed E-state index contributed by atoms with van der Waals surface area (Å²) >= 11 is 4.25. The van der Waals surface area contributed by atoms with E-state index in [-0.39, 0.29) is 36.6 Å². The van der Waals surface area contributed by atoms with Gasteiger partial charge < -0.3 is 23.8 Å². The number of aryl methyl sites for hydroxylation is 1. The van der Waals surface area contributed by atoms with E-state index in [2.05, 4.69) is 65.1 Å². The molecule has 1 amide bonds. The molecule has 53 heavy (non-hydrogen) atoms. The van der Waals surface area contributed by atoms with Gasteiger partial charge in [-0.2, -0.15) is 0 Å². The van der Waals surface area contributed by atoms with Gasteiger partial charge in [0.2, 0.25) is 0 Å². The molecule has 0 bridgehead atoms. The second kappa shape index (κ2) is 24.4. The Kier molecular flexibility index (Phi) is 20.8. The van der Waals surface area contributed by atoms with Crippen molar-refractivity contribution in [3.05, 3.63) is 138 Å². The number of hydrogen-bond acceptors (Lipinski definition) is 8. The fourth-order valence-electron chi connectivity index (χ4n) is 4.60. The van der Waals surface area contributed by atoms with Crippen molar-refractivity contribution in [3.63, 3.8) is 0 Å². The lowest BCUT2D eigenvalue weighted by atomic mass is 10.0. The second-order valence-electron chi connectivity index (χ2n) is 12.6. The third-order valence-electron chi connectivity index (χ3n) is 7.58. The Labute approximate surface area is 341 Å². The van der Waals surface area contributed by atoms with Gasteiger partial charge in [0.15, 0.2) is 0 Å². The molecule has 0 radical (unpaired) electrons. The Hall–Kier alpha value is -3.98. The summed E-state index contributed by atoms with van der Waals surface area (Å²) in [5, 5.41) is 0. The summed E-state index contributed by atoms with van der Waals surface area (Å²) in [4.78, 5) is 47.9. The fourth-order valence-corrected chi connectivity index (χ4v) is 5.71. The first-order valence-electron chi connectivity index (χ1n) is 17.1. The molecule has 0 unspecified atom stereocenters. The Balaban J connectivity index is 0.000000305. The number of nitrogens with zero attached hydrogens (tertiary/aromatic N) is 1. The highest BCUT2D eigenvalue weighted by Crippen LogP contribution is 2.20. The zero-order valence-electron chi connectivity index (χ0n) is 31.4. The summed E-state index contributed by atoms with van der Waals surface area (Å²) in [5.74, 6) is -0.204. The highest BCUT2D eigenvalue weighted by molar-refractivity contribution is 14.1. The molecule has 0 heterocycles. The van der Waals surface area contributed by atoms with Crippen LogP contribution in [0.4, 0.5) is 4.79 Å². The third kappa shape index (κ3) is 17.1. The summed E-state index contributed by atoms with van der Waals surface area (Å²) in [7, 11) is 2.77. The maximum Gasteiger partial charge on any atom is 0.410 e. The molecule has 0 saturated heterocycles. The normalized spacial score (nSPS) is 10.2. The van der Waals surface area contributed by atoms with Gasteiger partial charge in [0.1, 0.15) is 13.2 Å². The minimum Gasteiger partial charge on any atom is -0.465 e. The first kappa shape index (κ1) is 45.2. The Morgan fingerprint density at radius 2 is 1.08 bits per heavy atom. The summed E-state index contributed by atoms with van der Waals surface area (Å²) in [6.45, 7) is 10.6. The summed E-state index contributed by atoms with van der Waals surface area (Å²) in [6.07, 6.45) is 1.77. The predicted octanol–water partition coefficient (Wildman–Crippen LogP) is 10.0. The number of carbonyl (C=O) groups is 4. The number of esters is 3. The van der Waals surface area contributed by atoms with E-state index in [1.165, 1.54) is 26.7 Å². The topological polar surface area (TPSA) is 108 Å². The number of methoxy groups -OCH3 is 2. The number of amides is 1. The van der Waals surface area contributed by atoms with Gasteiger partial charge in [0, 0.05) is 26.7 Å². The van der Waals surface area contributed by atoms with Crippen molar-refractivity contribution < 1.29 is 38.1 Å². The van der Waals surface area contributed by atoms with Gasteiger partial charge in [-0.3, -0.25) is 4.79 Å². The van der Waals surface area contributed by atoms with Crippen molar-refractivity contribution in [1.82, 2.24) is 4.90 Å². The van der Waals surface area contributed by atoms with Crippen molar-refractivity contribution in [2.24, 2.45) is 5.92 Å². The molecular formula is C42H49I2NO8. The molecule has 0 N–H and O–H groups in total. The monoisotopic (exact) mass is 949 g/mol. The van der Waals surface area contributed by atoms with E-state index in [9.17, 15) is 19.2 Å². The molecule has 0 aliphatic heterocycles. The molecule has 0 spiro atoms. The summed E-state index contributed by atoms with van der Waals surface area (Å²) < 4.78 is 21.5. The highest BCUT2D eigenvalue weighted by atomic mass is 127. The van der Waals surface area contributed by atoms with E-state index in [4.69, 9.17) is 18.9 Å². The molecular weight excluding hydrogens is 900 g/mol. The molecule has 4 aromatic rings. The SMILES string of the molecule is CC(=O)OCc1ccccc1.COC(=O)c1cc(CCC(C)C)ccc1I.COC(=O)c1cc(CN(C(=O)OCc2ccccc2)C(C)C)ccc1I. The summed E-state index contributed by atoms with van der Waals surface area (Å²) in [5.41, 5.74) is 5.16. The van der Waals surface area contributed by atoms with E-state index in [0.29, 0.717) is 30.2 Å². The minimum absolute atomic E-state index is 0.0425. The number of hydrogen-bond donors (Lipinski definition) is 0. The van der Waals surface area contributed by atoms with Gasteiger partial charge in [-0.1, -0.05) is 86.6 Å². The van der Waals surface area contributed by atoms with Gasteiger partial charge in [0.25, 0.3) is 0 Å². The maximum absolute atomic E-state index is 12.5. The second-order valence-corrected chi connectivity index (χ2v) is 14.9. The average molecular weight is 950 g/mol. The molecule has 284 valence electrons. The van der Waals surface area contributed by atoms with Gasteiger partial charge in [-0.05, 0) is 124 Å². The van der Waals surface area contributed by atoms with Crippen LogP contribution in [0.2, 0.25) is 0 Å². The first-order chi connectivity index (χ1) is 25.2. The van der Waals surface area contributed by atoms with Crippen LogP contribution in [-0.2, 0) is 49.9 Å². The van der Waals surface area contributed by atoms with Crippen molar-refractivity contribution in [3.8, 4) is 0 Å². The standard InChI is InChI=1S/C20H22INO4.C13H17IO2.C9H10O2/c1-14(2)22(20(24)26-13-15-7-5-4-6-8-15)12-16-9-10-18(21)17(11-16)19(23)25-3;1-9(2)4-5-10-6-7-12(14)11(8-10)13(15)16-3;1-8(10)11-7-9-5-3-2-4-6-9/h4-11,14H,12-13H2,1-3H3;6-9H,4-5H2,1-3H3;2-6H,7H2,1H3. The molecule has 4 rings (SSSR count). The van der Waals surface area contributed by atoms with E-state index < -0.39 is 0 Å². The van der Waals surface area contributed by atoms with E-state index in [1.54, 1.807) is 11.0 Å². The molecule has 0 aliphatic rings. The zero-order chi connectivity index (χ0) is 39.3. The lowest BCUT2D eigenvalue weighted by Crippen LogP contribution is -2.36. The average Bonchev–Trinajstić information content (AvgIpc) is 3.16. The van der Waals surface area contributed by atoms with E-state index in [1.807, 2.05) is 98.8 Å². The van der Waals surface area contributed by atoms with Gasteiger partial charge in [0.05, 0.1) is 25.3 Å². The predicted molar refractivity (Wildman–Crippen MR) is 223 cm³/mol. The van der Waals surface area contributed by atoms with Crippen LogP contribution < -0.4 is 0 Å². The Morgan fingerprint density at radius 1 is 0.623 bits per heavy atom. The fraction of sp³-hybridized carbons (Fsp3) is 0.333. The molecule has 0 saturated carbocycles. The molecule has 4 aromatic carbocycles. The van der Waals surface area contributed by atoms with E-state index >= 15 is 0 Å². The van der Waals surface area contributed by atoms with E-state index in [0.717, 1.165) is 36.7 Å². The first-order valence-corrected chi connectivity index (χ1v) is 19.3. The Morgan fingerprint density at radius 3 is 1.51 bits per heavy atom. The van der Waals surface area contributed by atoms with Gasteiger partial charge in [-0.25, -0.2) is 14.4 Å². The van der Waals surface area contributed by atoms with Crippen LogP contribution in [0, 0.1) is 13.1 Å². The van der Waals surface area contributed by atoms with Crippen molar-refractivity contribution in [2.45, 2.75) is 73.3 Å². The van der Waals surface area contributed by atoms with Gasteiger partial charge in [-0.15, -0.1) is 0 Å². The summed E-state index contributed by atoms with van der Waals surface area (Å²) in [6, 6.07) is 30.6. The van der Waals surface area contributed by atoms with Crippen LogP contribution in [-0.4, -0.2) is 49.2 Å². The molecule has 0 atom stereocenters. The Bertz CT molecular complexity index is 1750. The molecule has 0 aromatic heterocycles. The van der Waals surface area contributed by atoms with Crippen LogP contribution in [0.3, 0.4) is 0 Å². The maximum atomic E-state index is 12.5. The molecule has 11 heteroatoms. The number of benzene rings is 4. The number of rotatable bonds is 12. The lowest BCUT2D eigenvalue weighted by Gasteiger charge is -2.26. The highest BCUT2D eigenvalue weighted by Gasteiger charge is 2.20. The minimum atomic E-state index is -0.390. The van der Waals surface area contributed by atoms with Gasteiger partial charge >= 0.3 is 24.0 Å². The van der Waals surface area contributed by atoms with Crippen LogP contribution in [0.5, 0.6) is 0 Å². The quantitative estimate of drug-likeness (QED) is 0.0785. The molecule has 0 fully saturated rings. The molecule has 9 nitrogen and oxygen atoms in total. The van der Waals surface area contributed by atoms with Crippen LogP contribution in [0.1, 0.15) is 84.0 Å². The third-order valence-corrected chi connectivity index (χ3v) is 9.46. The van der Waals surface area contributed by atoms with Crippen LogP contribution in [0.15, 0.2) is 97.1 Å². The van der Waals surface area contributed by atoms with Crippen molar-refractivity contribution in [1.29, 1.82) is 0 Å². The smallest absolute Gasteiger partial charge is 0.410 e. The van der Waals surface area contributed by atoms with Crippen molar-refractivity contribution >= 4 is 69.2 Å². The number of carbonyl (C=O) groups excluding carboxylic acids is 4. The zero-order valence-corrected chi connectivity index (χ0v) is 35.7. The van der Waals surface area contributed by atoms with Crippen LogP contribution >= 0.6 is 45.2 Å². The number of ether oxygens (including phenoxy) is 4. The van der Waals surface area contributed by atoms with Crippen molar-refractivity contribution in [2.75, 3.05) is 14.2 Å². The largest absolute Gasteiger partial charge is 0.465 e. The lowest BCUT2D eigenvalue weighted by molar-refractivity contribution is -0.142.